The predicted octanol–water partition coefficient (Wildman–Crippen LogP) is 5.69. The van der Waals surface area contributed by atoms with Crippen molar-refractivity contribution in [1.82, 2.24) is 0 Å². The third-order valence-corrected chi connectivity index (χ3v) is 3.89. The van der Waals surface area contributed by atoms with Crippen LogP contribution in [0.3, 0.4) is 0 Å². The molecule has 0 unspecified atom stereocenters. The Hall–Kier alpha value is -2.61. The van der Waals surface area contributed by atoms with Gasteiger partial charge < -0.3 is 4.90 Å². The number of benzene rings is 2. The summed E-state index contributed by atoms with van der Waals surface area (Å²) in [4.78, 5) is 6.14. The maximum Gasteiger partial charge on any atom is 0.0490 e. The van der Waals surface area contributed by atoms with Crippen molar-refractivity contribution in [3.8, 4) is 0 Å². The zero-order chi connectivity index (χ0) is 16.8. The third-order valence-electron chi connectivity index (χ3n) is 3.89. The monoisotopic (exact) mass is 304 g/mol. The van der Waals surface area contributed by atoms with E-state index in [1.54, 1.807) is 7.05 Å². The molecule has 0 heterocycles. The molecule has 0 aliphatic heterocycles. The van der Waals surface area contributed by atoms with Gasteiger partial charge in [-0.15, -0.1) is 0 Å². The minimum Gasteiger partial charge on any atom is -0.317 e. The van der Waals surface area contributed by atoms with Crippen LogP contribution >= 0.6 is 0 Å². The lowest BCUT2D eigenvalue weighted by atomic mass is 10.0. The molecule has 0 radical (unpaired) electrons. The molecule has 0 fully saturated rings. The van der Waals surface area contributed by atoms with Crippen LogP contribution in [0.5, 0.6) is 0 Å². The van der Waals surface area contributed by atoms with Gasteiger partial charge in [-0.3, -0.25) is 4.99 Å². The highest BCUT2D eigenvalue weighted by molar-refractivity contribution is 5.85. The summed E-state index contributed by atoms with van der Waals surface area (Å²) in [6.45, 7) is 10.3. The number of hydrogen-bond donors (Lipinski definition) is 0. The van der Waals surface area contributed by atoms with Gasteiger partial charge in [-0.2, -0.15) is 0 Å². The number of allylic oxidation sites excluding steroid dienone is 2. The van der Waals surface area contributed by atoms with Crippen LogP contribution in [0.25, 0.3) is 5.57 Å². The minimum absolute atomic E-state index is 1.11. The molecule has 2 aromatic rings. The molecule has 2 nitrogen and oxygen atoms in total. The van der Waals surface area contributed by atoms with E-state index < -0.39 is 0 Å². The lowest BCUT2D eigenvalue weighted by Crippen LogP contribution is -2.09. The second-order valence-corrected chi connectivity index (χ2v) is 5.65. The largest absolute Gasteiger partial charge is 0.317 e. The number of aliphatic imine (C=N–C) groups is 1. The van der Waals surface area contributed by atoms with E-state index in [2.05, 4.69) is 79.7 Å². The number of anilines is 2. The highest BCUT2D eigenvalue weighted by Crippen LogP contribution is 2.31. The van der Waals surface area contributed by atoms with Crippen LogP contribution in [0.4, 0.5) is 11.4 Å². The molecule has 2 rings (SSSR count). The van der Waals surface area contributed by atoms with Crippen molar-refractivity contribution in [3.63, 3.8) is 0 Å². The summed E-state index contributed by atoms with van der Waals surface area (Å²) < 4.78 is 0. The summed E-state index contributed by atoms with van der Waals surface area (Å²) in [5.74, 6) is 0. The smallest absolute Gasteiger partial charge is 0.0490 e. The Labute approximate surface area is 139 Å². The highest BCUT2D eigenvalue weighted by atomic mass is 15.1. The molecule has 0 aliphatic carbocycles. The topological polar surface area (TPSA) is 15.6 Å². The molecule has 0 bridgehead atoms. The molecular weight excluding hydrogens is 280 g/mol. The molecule has 23 heavy (non-hydrogen) atoms. The van der Waals surface area contributed by atoms with Gasteiger partial charge in [0.2, 0.25) is 0 Å². The lowest BCUT2D eigenvalue weighted by Gasteiger charge is -2.23. The van der Waals surface area contributed by atoms with Crippen molar-refractivity contribution in [2.75, 3.05) is 11.9 Å². The first-order chi connectivity index (χ1) is 11.1. The molecule has 0 amide bonds. The number of hydrogen-bond acceptors (Lipinski definition) is 2. The summed E-state index contributed by atoms with van der Waals surface area (Å²) in [5, 5.41) is 0. The molecule has 2 aromatic carbocycles. The zero-order valence-electron chi connectivity index (χ0n) is 14.4. The molecule has 118 valence electrons. The first-order valence-electron chi connectivity index (χ1n) is 7.75. The van der Waals surface area contributed by atoms with E-state index in [0.29, 0.717) is 0 Å². The average molecular weight is 304 g/mol. The van der Waals surface area contributed by atoms with Crippen LogP contribution in [0.2, 0.25) is 0 Å². The molecule has 0 aliphatic rings. The molecule has 0 spiro atoms. The fourth-order valence-electron chi connectivity index (χ4n) is 2.44. The maximum absolute atomic E-state index is 4.02. The van der Waals surface area contributed by atoms with Gasteiger partial charge in [0.1, 0.15) is 0 Å². The van der Waals surface area contributed by atoms with Gasteiger partial charge in [0.15, 0.2) is 0 Å². The molecular formula is C21H24N2. The van der Waals surface area contributed by atoms with Crippen LogP contribution in [0.1, 0.15) is 23.6 Å². The summed E-state index contributed by atoms with van der Waals surface area (Å²) >= 11 is 0. The van der Waals surface area contributed by atoms with Gasteiger partial charge in [-0.1, -0.05) is 36.4 Å². The number of rotatable bonds is 5. The zero-order valence-corrected chi connectivity index (χ0v) is 14.4. The van der Waals surface area contributed by atoms with Crippen LogP contribution in [-0.4, -0.2) is 13.3 Å². The van der Waals surface area contributed by atoms with E-state index >= 15 is 0 Å². The maximum atomic E-state index is 4.02. The molecule has 0 saturated carbocycles. The van der Waals surface area contributed by atoms with Gasteiger partial charge in [0, 0.05) is 30.8 Å². The molecule has 0 aromatic heterocycles. The Morgan fingerprint density at radius 1 is 1.09 bits per heavy atom. The van der Waals surface area contributed by atoms with Crippen molar-refractivity contribution < 1.29 is 0 Å². The third kappa shape index (κ3) is 3.98. The molecule has 0 N–H and O–H groups in total. The van der Waals surface area contributed by atoms with Gasteiger partial charge in [0.25, 0.3) is 0 Å². The average Bonchev–Trinajstić information content (AvgIpc) is 2.56. The number of nitrogens with zero attached hydrogens (tertiary/aromatic N) is 2. The Morgan fingerprint density at radius 2 is 1.78 bits per heavy atom. The Kier molecular flexibility index (Phi) is 5.53. The van der Waals surface area contributed by atoms with E-state index in [0.717, 1.165) is 11.4 Å². The standard InChI is InChI=1S/C21H24N2/c1-6-23(20-11-7-16(2)8-12-20)21-15-19(10-9-18(21)4)17(3)13-14-22-5/h6-15H,1H2,2-5H3/b17-13+,22-14?. The Bertz CT molecular complexity index is 737. The summed E-state index contributed by atoms with van der Waals surface area (Å²) in [6.07, 6.45) is 5.71. The van der Waals surface area contributed by atoms with Crippen LogP contribution in [0.15, 0.2) is 66.3 Å². The van der Waals surface area contributed by atoms with Crippen molar-refractivity contribution in [2.24, 2.45) is 4.99 Å². The van der Waals surface area contributed by atoms with Gasteiger partial charge in [0.05, 0.1) is 0 Å². The van der Waals surface area contributed by atoms with E-state index in [9.17, 15) is 0 Å². The van der Waals surface area contributed by atoms with Crippen molar-refractivity contribution in [1.29, 1.82) is 0 Å². The van der Waals surface area contributed by atoms with Crippen molar-refractivity contribution in [2.45, 2.75) is 20.8 Å². The number of aryl methyl sites for hydroxylation is 2. The fraction of sp³-hybridized carbons (Fsp3) is 0.190. The van der Waals surface area contributed by atoms with Gasteiger partial charge in [-0.25, -0.2) is 0 Å². The van der Waals surface area contributed by atoms with E-state index in [1.807, 2.05) is 18.5 Å². The van der Waals surface area contributed by atoms with E-state index in [-0.39, 0.29) is 0 Å². The Balaban J connectivity index is 2.47. The van der Waals surface area contributed by atoms with E-state index in [1.165, 1.54) is 22.3 Å². The highest BCUT2D eigenvalue weighted by Gasteiger charge is 2.10. The fourth-order valence-corrected chi connectivity index (χ4v) is 2.44. The SMILES string of the molecule is C=CN(c1ccc(C)cc1)c1cc(/C(C)=C/C=NC)ccc1C. The van der Waals surface area contributed by atoms with Crippen LogP contribution in [0, 0.1) is 13.8 Å². The summed E-state index contributed by atoms with van der Waals surface area (Å²) in [7, 11) is 1.78. The summed E-state index contributed by atoms with van der Waals surface area (Å²) in [6, 6.07) is 15.0. The molecule has 0 atom stereocenters. The summed E-state index contributed by atoms with van der Waals surface area (Å²) in [5.41, 5.74) is 7.09. The van der Waals surface area contributed by atoms with Crippen molar-refractivity contribution in [3.05, 3.63) is 78.0 Å². The van der Waals surface area contributed by atoms with Crippen LogP contribution < -0.4 is 4.90 Å². The molecule has 2 heteroatoms. The minimum atomic E-state index is 1.11. The quantitative estimate of drug-likeness (QED) is 0.648. The van der Waals surface area contributed by atoms with Crippen LogP contribution in [-0.2, 0) is 0 Å². The van der Waals surface area contributed by atoms with Gasteiger partial charge >= 0.3 is 0 Å². The first kappa shape index (κ1) is 16.8. The van der Waals surface area contributed by atoms with E-state index in [4.69, 9.17) is 0 Å². The first-order valence-corrected chi connectivity index (χ1v) is 7.75. The van der Waals surface area contributed by atoms with Gasteiger partial charge in [-0.05, 0) is 61.7 Å². The molecule has 0 saturated heterocycles. The van der Waals surface area contributed by atoms with Crippen molar-refractivity contribution >= 4 is 23.2 Å². The second-order valence-electron chi connectivity index (χ2n) is 5.65. The lowest BCUT2D eigenvalue weighted by molar-refractivity contribution is 1.24. The predicted molar refractivity (Wildman–Crippen MR) is 103 cm³/mol. The Morgan fingerprint density at radius 3 is 2.39 bits per heavy atom. The normalized spacial score (nSPS) is 11.7. The second kappa shape index (κ2) is 7.59.